The van der Waals surface area contributed by atoms with Gasteiger partial charge in [-0.05, 0) is 86.9 Å². The van der Waals surface area contributed by atoms with Gasteiger partial charge in [0.25, 0.3) is 11.8 Å². The molecule has 0 unspecified atom stereocenters. The Labute approximate surface area is 303 Å². The minimum atomic E-state index is -0.621. The van der Waals surface area contributed by atoms with E-state index in [9.17, 15) is 24.4 Å². The molecule has 0 aliphatic carbocycles. The molecule has 256 valence electrons. The number of nitrogens with zero attached hydrogens (tertiary/aromatic N) is 2. The maximum atomic E-state index is 13.5. The highest BCUT2D eigenvalue weighted by molar-refractivity contribution is 8.00. The van der Waals surface area contributed by atoms with Crippen molar-refractivity contribution in [3.05, 3.63) is 117 Å². The molecular formula is C37H34ClN5O5S2. The summed E-state index contributed by atoms with van der Waals surface area (Å²) in [5, 5.41) is 19.2. The summed E-state index contributed by atoms with van der Waals surface area (Å²) in [6, 6.07) is 24.6. The predicted molar refractivity (Wildman–Crippen MR) is 197 cm³/mol. The molecule has 0 radical (unpaired) electrons. The van der Waals surface area contributed by atoms with E-state index in [4.69, 9.17) is 16.3 Å². The quantitative estimate of drug-likeness (QED) is 0.119. The second kappa shape index (κ2) is 16.1. The van der Waals surface area contributed by atoms with Crippen molar-refractivity contribution in [2.45, 2.75) is 44.2 Å². The first kappa shape index (κ1) is 36.2. The fourth-order valence-electron chi connectivity index (χ4n) is 4.97. The van der Waals surface area contributed by atoms with E-state index in [0.29, 0.717) is 56.8 Å². The number of hydrogen-bond acceptors (Lipinski definition) is 8. The van der Waals surface area contributed by atoms with Crippen molar-refractivity contribution in [3.63, 3.8) is 0 Å². The summed E-state index contributed by atoms with van der Waals surface area (Å²) in [4.78, 5) is 55.2. The number of nitrogens with one attached hydrogen (secondary N) is 3. The number of fused-ring (bicyclic) bond motifs is 1. The maximum absolute atomic E-state index is 13.5. The molecule has 10 nitrogen and oxygen atoms in total. The van der Waals surface area contributed by atoms with E-state index in [1.54, 1.807) is 77.7 Å². The molecule has 0 spiro atoms. The number of anilines is 2. The second-order valence-corrected chi connectivity index (χ2v) is 14.8. The SMILES string of the molecule is CC(C)(C)OC(=O)N1CCc2c(sc(NC(=O)CSc3cccc(NC(=O)/C(=C/c4cccc(Cl)c4)NC(=O)c4ccccc4)c3)c2C#N)C1. The van der Waals surface area contributed by atoms with Gasteiger partial charge in [-0.25, -0.2) is 4.79 Å². The lowest BCUT2D eigenvalue weighted by atomic mass is 10.0. The van der Waals surface area contributed by atoms with Crippen molar-refractivity contribution in [3.8, 4) is 6.07 Å². The van der Waals surface area contributed by atoms with Crippen molar-refractivity contribution < 1.29 is 23.9 Å². The smallest absolute Gasteiger partial charge is 0.410 e. The molecule has 3 aromatic carbocycles. The van der Waals surface area contributed by atoms with Crippen molar-refractivity contribution in [2.24, 2.45) is 0 Å². The lowest BCUT2D eigenvalue weighted by molar-refractivity contribution is -0.114. The van der Waals surface area contributed by atoms with Crippen LogP contribution in [-0.4, -0.2) is 46.6 Å². The molecule has 4 amide bonds. The predicted octanol–water partition coefficient (Wildman–Crippen LogP) is 7.71. The van der Waals surface area contributed by atoms with E-state index in [2.05, 4.69) is 22.0 Å². The zero-order valence-electron chi connectivity index (χ0n) is 27.5. The maximum Gasteiger partial charge on any atom is 0.410 e. The summed E-state index contributed by atoms with van der Waals surface area (Å²) in [6.45, 7) is 6.15. The van der Waals surface area contributed by atoms with E-state index in [1.165, 1.54) is 29.2 Å². The van der Waals surface area contributed by atoms with Gasteiger partial charge in [0.2, 0.25) is 5.91 Å². The Bertz CT molecular complexity index is 2000. The standard InChI is InChI=1S/C37H34ClN5O5S2/c1-37(2,3)48-36(47)43-16-15-28-29(20-39)35(50-31(28)21-43)42-32(44)22-49-27-14-8-13-26(19-27)40-34(46)30(18-23-9-7-12-25(38)17-23)41-33(45)24-10-5-4-6-11-24/h4-14,17-19H,15-16,21-22H2,1-3H3,(H,40,46)(H,41,45)(H,42,44)/b30-18-. The van der Waals surface area contributed by atoms with Crippen LogP contribution in [0.4, 0.5) is 15.5 Å². The van der Waals surface area contributed by atoms with Gasteiger partial charge in [-0.1, -0.05) is 48.0 Å². The van der Waals surface area contributed by atoms with Crippen LogP contribution in [0.25, 0.3) is 6.08 Å². The van der Waals surface area contributed by atoms with Gasteiger partial charge in [0.05, 0.1) is 17.9 Å². The normalized spacial score (nSPS) is 12.7. The largest absolute Gasteiger partial charge is 0.444 e. The molecule has 1 aromatic heterocycles. The summed E-state index contributed by atoms with van der Waals surface area (Å²) < 4.78 is 5.50. The molecule has 4 aromatic rings. The third-order valence-electron chi connectivity index (χ3n) is 7.22. The summed E-state index contributed by atoms with van der Waals surface area (Å²) in [5.74, 6) is -1.26. The number of carbonyl (C=O) groups is 4. The van der Waals surface area contributed by atoms with Gasteiger partial charge in [-0.3, -0.25) is 14.4 Å². The van der Waals surface area contributed by atoms with Gasteiger partial charge < -0.3 is 25.6 Å². The molecule has 0 saturated carbocycles. The molecule has 50 heavy (non-hydrogen) atoms. The van der Waals surface area contributed by atoms with Gasteiger partial charge in [0, 0.05) is 32.6 Å². The lowest BCUT2D eigenvalue weighted by Gasteiger charge is -2.29. The number of nitriles is 1. The van der Waals surface area contributed by atoms with E-state index in [1.807, 2.05) is 26.8 Å². The minimum absolute atomic E-state index is 0.0136. The van der Waals surface area contributed by atoms with Crippen LogP contribution in [0.15, 0.2) is 89.5 Å². The van der Waals surface area contributed by atoms with E-state index in [-0.39, 0.29) is 17.4 Å². The number of carbonyl (C=O) groups excluding carboxylic acids is 4. The highest BCUT2D eigenvalue weighted by Crippen LogP contribution is 2.37. The number of amides is 4. The highest BCUT2D eigenvalue weighted by Gasteiger charge is 2.30. The Balaban J connectivity index is 1.23. The van der Waals surface area contributed by atoms with Crippen molar-refractivity contribution in [1.82, 2.24) is 10.2 Å². The van der Waals surface area contributed by atoms with Crippen LogP contribution in [0.5, 0.6) is 0 Å². The van der Waals surface area contributed by atoms with E-state index < -0.39 is 23.5 Å². The van der Waals surface area contributed by atoms with Gasteiger partial charge in [0.15, 0.2) is 0 Å². The molecule has 0 atom stereocenters. The summed E-state index contributed by atoms with van der Waals surface area (Å²) >= 11 is 8.69. The summed E-state index contributed by atoms with van der Waals surface area (Å²) in [6.07, 6.45) is 1.61. The zero-order chi connectivity index (χ0) is 35.8. The molecule has 2 heterocycles. The number of thioether (sulfide) groups is 1. The van der Waals surface area contributed by atoms with Crippen molar-refractivity contribution in [2.75, 3.05) is 22.9 Å². The third kappa shape index (κ3) is 9.75. The molecule has 0 saturated heterocycles. The Morgan fingerprint density at radius 2 is 1.78 bits per heavy atom. The van der Waals surface area contributed by atoms with Gasteiger partial charge in [0.1, 0.15) is 22.4 Å². The van der Waals surface area contributed by atoms with Crippen LogP contribution in [0.3, 0.4) is 0 Å². The summed E-state index contributed by atoms with van der Waals surface area (Å²) in [7, 11) is 0. The first-order valence-corrected chi connectivity index (χ1v) is 17.8. The van der Waals surface area contributed by atoms with Gasteiger partial charge in [-0.2, -0.15) is 5.26 Å². The van der Waals surface area contributed by atoms with Crippen LogP contribution in [0.1, 0.15) is 52.7 Å². The molecule has 0 fully saturated rings. The molecule has 0 bridgehead atoms. The highest BCUT2D eigenvalue weighted by atomic mass is 35.5. The average molecular weight is 728 g/mol. The number of benzene rings is 3. The van der Waals surface area contributed by atoms with Crippen LogP contribution < -0.4 is 16.0 Å². The van der Waals surface area contributed by atoms with Crippen LogP contribution >= 0.6 is 34.7 Å². The van der Waals surface area contributed by atoms with E-state index >= 15 is 0 Å². The van der Waals surface area contributed by atoms with Gasteiger partial charge in [-0.15, -0.1) is 23.1 Å². The minimum Gasteiger partial charge on any atom is -0.444 e. The Kier molecular flexibility index (Phi) is 11.6. The number of halogens is 1. The molecule has 3 N–H and O–H groups in total. The topological polar surface area (TPSA) is 141 Å². The molecule has 1 aliphatic rings. The monoisotopic (exact) mass is 727 g/mol. The Morgan fingerprint density at radius 3 is 2.50 bits per heavy atom. The van der Waals surface area contributed by atoms with Crippen LogP contribution in [-0.2, 0) is 27.3 Å². The molecule has 5 rings (SSSR count). The van der Waals surface area contributed by atoms with Gasteiger partial charge >= 0.3 is 6.09 Å². The van der Waals surface area contributed by atoms with Crippen LogP contribution in [0, 0.1) is 11.3 Å². The lowest BCUT2D eigenvalue weighted by Crippen LogP contribution is -2.39. The Morgan fingerprint density at radius 1 is 1.02 bits per heavy atom. The van der Waals surface area contributed by atoms with Crippen molar-refractivity contribution in [1.29, 1.82) is 5.26 Å². The second-order valence-electron chi connectivity index (χ2n) is 12.2. The van der Waals surface area contributed by atoms with Crippen molar-refractivity contribution >= 4 is 75.3 Å². The number of rotatable bonds is 9. The first-order valence-electron chi connectivity index (χ1n) is 15.6. The third-order valence-corrected chi connectivity index (χ3v) is 9.58. The van der Waals surface area contributed by atoms with E-state index in [0.717, 1.165) is 10.4 Å². The first-order chi connectivity index (χ1) is 23.9. The molecule has 1 aliphatic heterocycles. The fraction of sp³-hybridized carbons (Fsp3) is 0.216. The summed E-state index contributed by atoms with van der Waals surface area (Å²) in [5.41, 5.74) is 2.12. The zero-order valence-corrected chi connectivity index (χ0v) is 29.9. The number of hydrogen-bond donors (Lipinski definition) is 3. The average Bonchev–Trinajstić information content (AvgIpc) is 3.42. The fourth-order valence-corrected chi connectivity index (χ4v) is 7.15. The Hall–Kier alpha value is -5.09. The number of thiophene rings is 1. The molecule has 13 heteroatoms. The van der Waals surface area contributed by atoms with Crippen LogP contribution in [0.2, 0.25) is 5.02 Å². The molecular weight excluding hydrogens is 694 g/mol. The number of ether oxygens (including phenoxy) is 1.